The first-order valence-electron chi connectivity index (χ1n) is 6.40. The van der Waals surface area contributed by atoms with Gasteiger partial charge < -0.3 is 15.3 Å². The monoisotopic (exact) mass is 270 g/mol. The van der Waals surface area contributed by atoms with Crippen molar-refractivity contribution in [1.29, 1.82) is 0 Å². The van der Waals surface area contributed by atoms with Crippen LogP contribution in [0.3, 0.4) is 0 Å². The van der Waals surface area contributed by atoms with Crippen LogP contribution < -0.4 is 10.2 Å². The van der Waals surface area contributed by atoms with E-state index in [9.17, 15) is 4.79 Å². The van der Waals surface area contributed by atoms with Crippen LogP contribution in [0.5, 0.6) is 0 Å². The molecule has 2 aromatic rings. The van der Waals surface area contributed by atoms with E-state index in [0.717, 1.165) is 16.9 Å². The maximum absolute atomic E-state index is 10.8. The lowest BCUT2D eigenvalue weighted by molar-refractivity contribution is 0.0697. The van der Waals surface area contributed by atoms with E-state index in [0.29, 0.717) is 12.1 Å². The van der Waals surface area contributed by atoms with Crippen molar-refractivity contribution in [1.82, 2.24) is 0 Å². The summed E-state index contributed by atoms with van der Waals surface area (Å²) in [6, 6.07) is 15.0. The molecule has 0 fully saturated rings. The normalized spacial score (nSPS) is 10.1. The van der Waals surface area contributed by atoms with Crippen molar-refractivity contribution < 1.29 is 9.90 Å². The Labute approximate surface area is 118 Å². The van der Waals surface area contributed by atoms with Crippen LogP contribution in [0.2, 0.25) is 0 Å². The van der Waals surface area contributed by atoms with Gasteiger partial charge in [-0.3, -0.25) is 0 Å². The van der Waals surface area contributed by atoms with Gasteiger partial charge >= 0.3 is 5.97 Å². The molecule has 104 valence electrons. The number of hydrogen-bond donors (Lipinski definition) is 2. The smallest absolute Gasteiger partial charge is 0.335 e. The highest BCUT2D eigenvalue weighted by Crippen LogP contribution is 2.16. The zero-order chi connectivity index (χ0) is 14.5. The summed E-state index contributed by atoms with van der Waals surface area (Å²) in [6.07, 6.45) is 0. The van der Waals surface area contributed by atoms with Crippen LogP contribution in [-0.4, -0.2) is 25.2 Å². The number of rotatable bonds is 5. The van der Waals surface area contributed by atoms with E-state index < -0.39 is 5.97 Å². The molecule has 0 atom stereocenters. The second-order valence-corrected chi connectivity index (χ2v) is 4.80. The first-order valence-corrected chi connectivity index (χ1v) is 6.40. The Morgan fingerprint density at radius 2 is 1.65 bits per heavy atom. The lowest BCUT2D eigenvalue weighted by Gasteiger charge is -2.13. The summed E-state index contributed by atoms with van der Waals surface area (Å²) in [6.45, 7) is 0.668. The van der Waals surface area contributed by atoms with Gasteiger partial charge in [-0.05, 0) is 42.0 Å². The minimum atomic E-state index is -0.899. The van der Waals surface area contributed by atoms with Crippen LogP contribution in [0.4, 0.5) is 11.4 Å². The maximum Gasteiger partial charge on any atom is 0.335 e. The molecular weight excluding hydrogens is 252 g/mol. The van der Waals surface area contributed by atoms with Crippen LogP contribution >= 0.6 is 0 Å². The summed E-state index contributed by atoms with van der Waals surface area (Å²) in [7, 11) is 4.01. The summed E-state index contributed by atoms with van der Waals surface area (Å²) in [5.41, 5.74) is 3.55. The fraction of sp³-hybridized carbons (Fsp3) is 0.188. The Hall–Kier alpha value is -2.49. The van der Waals surface area contributed by atoms with Crippen LogP contribution in [0, 0.1) is 0 Å². The highest BCUT2D eigenvalue weighted by molar-refractivity contribution is 5.87. The number of anilines is 2. The predicted octanol–water partition coefficient (Wildman–Crippen LogP) is 3.06. The minimum absolute atomic E-state index is 0.309. The molecule has 0 saturated heterocycles. The summed E-state index contributed by atoms with van der Waals surface area (Å²) in [4.78, 5) is 12.8. The van der Waals surface area contributed by atoms with E-state index in [-0.39, 0.29) is 0 Å². The molecule has 0 heterocycles. The molecule has 2 rings (SSSR count). The predicted molar refractivity (Wildman–Crippen MR) is 81.5 cm³/mol. The van der Waals surface area contributed by atoms with Gasteiger partial charge in [0.25, 0.3) is 0 Å². The van der Waals surface area contributed by atoms with E-state index in [2.05, 4.69) is 22.3 Å². The molecule has 0 bridgehead atoms. The Kier molecular flexibility index (Phi) is 4.25. The third-order valence-electron chi connectivity index (χ3n) is 3.08. The second-order valence-electron chi connectivity index (χ2n) is 4.80. The molecule has 0 unspecified atom stereocenters. The fourth-order valence-corrected chi connectivity index (χ4v) is 1.85. The van der Waals surface area contributed by atoms with Crippen molar-refractivity contribution >= 4 is 17.3 Å². The van der Waals surface area contributed by atoms with Crippen molar-refractivity contribution in [3.8, 4) is 0 Å². The number of carbonyl (C=O) groups is 1. The summed E-state index contributed by atoms with van der Waals surface area (Å²) in [5.74, 6) is -0.899. The molecule has 0 radical (unpaired) electrons. The van der Waals surface area contributed by atoms with Gasteiger partial charge in [-0.1, -0.05) is 12.1 Å². The van der Waals surface area contributed by atoms with E-state index >= 15 is 0 Å². The van der Waals surface area contributed by atoms with Crippen molar-refractivity contribution in [3.05, 3.63) is 59.7 Å². The van der Waals surface area contributed by atoms with Gasteiger partial charge in [-0.15, -0.1) is 0 Å². The van der Waals surface area contributed by atoms with Crippen molar-refractivity contribution in [3.63, 3.8) is 0 Å². The summed E-state index contributed by atoms with van der Waals surface area (Å²) in [5, 5.41) is 12.1. The van der Waals surface area contributed by atoms with Gasteiger partial charge in [0.1, 0.15) is 0 Å². The highest BCUT2D eigenvalue weighted by atomic mass is 16.4. The van der Waals surface area contributed by atoms with Crippen LogP contribution in [0.25, 0.3) is 0 Å². The third kappa shape index (κ3) is 3.51. The Morgan fingerprint density at radius 3 is 2.15 bits per heavy atom. The molecule has 0 aliphatic rings. The lowest BCUT2D eigenvalue weighted by atomic mass is 10.1. The lowest BCUT2D eigenvalue weighted by Crippen LogP contribution is -2.08. The van der Waals surface area contributed by atoms with Crippen molar-refractivity contribution in [2.24, 2.45) is 0 Å². The topological polar surface area (TPSA) is 52.6 Å². The number of nitrogens with zero attached hydrogens (tertiary/aromatic N) is 1. The quantitative estimate of drug-likeness (QED) is 0.876. The molecule has 4 heteroatoms. The zero-order valence-electron chi connectivity index (χ0n) is 11.6. The molecule has 0 spiro atoms. The van der Waals surface area contributed by atoms with Gasteiger partial charge in [-0.25, -0.2) is 4.79 Å². The Balaban J connectivity index is 1.96. The van der Waals surface area contributed by atoms with Gasteiger partial charge in [0.2, 0.25) is 0 Å². The molecular formula is C16H18N2O2. The summed E-state index contributed by atoms with van der Waals surface area (Å²) >= 11 is 0. The number of benzene rings is 2. The Morgan fingerprint density at radius 1 is 1.05 bits per heavy atom. The number of carboxylic acid groups (broad SMARTS) is 1. The standard InChI is InChI=1S/C16H18N2O2/c1-18(2)15-9-7-14(8-10-15)17-11-12-3-5-13(6-4-12)16(19)20/h3-10,17H,11H2,1-2H3,(H,19,20). The number of carboxylic acids is 1. The van der Waals surface area contributed by atoms with Gasteiger partial charge in [0.05, 0.1) is 5.56 Å². The van der Waals surface area contributed by atoms with E-state index in [4.69, 9.17) is 5.11 Å². The van der Waals surface area contributed by atoms with Crippen LogP contribution in [-0.2, 0) is 6.54 Å². The number of aromatic carboxylic acids is 1. The largest absolute Gasteiger partial charge is 0.478 e. The van der Waals surface area contributed by atoms with E-state index in [1.165, 1.54) is 0 Å². The molecule has 0 saturated carbocycles. The van der Waals surface area contributed by atoms with Crippen molar-refractivity contribution in [2.75, 3.05) is 24.3 Å². The first kappa shape index (κ1) is 13.9. The molecule has 4 nitrogen and oxygen atoms in total. The molecule has 2 N–H and O–H groups in total. The maximum atomic E-state index is 10.8. The van der Waals surface area contributed by atoms with Crippen molar-refractivity contribution in [2.45, 2.75) is 6.54 Å². The zero-order valence-corrected chi connectivity index (χ0v) is 11.6. The minimum Gasteiger partial charge on any atom is -0.478 e. The molecule has 0 aliphatic heterocycles. The molecule has 0 amide bonds. The molecule has 20 heavy (non-hydrogen) atoms. The fourth-order valence-electron chi connectivity index (χ4n) is 1.85. The van der Waals surface area contributed by atoms with E-state index in [1.54, 1.807) is 12.1 Å². The Bertz CT molecular complexity index is 574. The molecule has 0 aromatic heterocycles. The van der Waals surface area contributed by atoms with E-state index in [1.807, 2.05) is 38.4 Å². The van der Waals surface area contributed by atoms with Crippen LogP contribution in [0.15, 0.2) is 48.5 Å². The van der Waals surface area contributed by atoms with Crippen LogP contribution in [0.1, 0.15) is 15.9 Å². The third-order valence-corrected chi connectivity index (χ3v) is 3.08. The SMILES string of the molecule is CN(C)c1ccc(NCc2ccc(C(=O)O)cc2)cc1. The number of hydrogen-bond acceptors (Lipinski definition) is 3. The van der Waals surface area contributed by atoms with Gasteiger partial charge in [0, 0.05) is 32.0 Å². The first-order chi connectivity index (χ1) is 9.56. The summed E-state index contributed by atoms with van der Waals surface area (Å²) < 4.78 is 0. The highest BCUT2D eigenvalue weighted by Gasteiger charge is 2.01. The molecule has 0 aliphatic carbocycles. The molecule has 2 aromatic carbocycles. The van der Waals surface area contributed by atoms with Gasteiger partial charge in [-0.2, -0.15) is 0 Å². The second kappa shape index (κ2) is 6.10. The number of nitrogens with one attached hydrogen (secondary N) is 1. The average Bonchev–Trinajstić information content (AvgIpc) is 2.46. The average molecular weight is 270 g/mol. The van der Waals surface area contributed by atoms with Gasteiger partial charge in [0.15, 0.2) is 0 Å².